The van der Waals surface area contributed by atoms with Gasteiger partial charge in [-0.2, -0.15) is 0 Å². The highest BCUT2D eigenvalue weighted by Gasteiger charge is 2.33. The third kappa shape index (κ3) is 3.92. The number of benzene rings is 2. The number of carbonyl (C=O) groups is 1. The Morgan fingerprint density at radius 1 is 1.21 bits per heavy atom. The van der Waals surface area contributed by atoms with Crippen molar-refractivity contribution in [3.05, 3.63) is 47.5 Å². The maximum absolute atomic E-state index is 13.3. The zero-order valence-corrected chi connectivity index (χ0v) is 17.2. The second kappa shape index (κ2) is 7.95. The van der Waals surface area contributed by atoms with Crippen LogP contribution in [-0.4, -0.2) is 55.7 Å². The first-order valence-electron chi connectivity index (χ1n) is 8.92. The highest BCUT2D eigenvalue weighted by atomic mass is 35.5. The normalized spacial score (nSPS) is 15.8. The lowest BCUT2D eigenvalue weighted by Crippen LogP contribution is -2.48. The Labute approximate surface area is 172 Å². The van der Waals surface area contributed by atoms with E-state index < -0.39 is 6.10 Å². The van der Waals surface area contributed by atoms with Gasteiger partial charge in [-0.1, -0.05) is 35.1 Å². The number of rotatable bonds is 5. The highest BCUT2D eigenvalue weighted by molar-refractivity contribution is 7.22. The van der Waals surface area contributed by atoms with Gasteiger partial charge >= 0.3 is 0 Å². The molecule has 4 rings (SSSR count). The summed E-state index contributed by atoms with van der Waals surface area (Å²) in [5, 5.41) is 1.28. The molecule has 0 saturated heterocycles. The molecule has 0 bridgehead atoms. The smallest absolute Gasteiger partial charge is 0.273 e. The Balaban J connectivity index is 1.62. The Bertz CT molecular complexity index is 1010. The topological polar surface area (TPSA) is 54.9 Å². The molecule has 6 nitrogen and oxygen atoms in total. The predicted octanol–water partition coefficient (Wildman–Crippen LogP) is 3.68. The molecular formula is C20H20ClN3O3S. The van der Waals surface area contributed by atoms with E-state index in [1.165, 1.54) is 11.3 Å². The quantitative estimate of drug-likeness (QED) is 0.633. The van der Waals surface area contributed by atoms with E-state index in [-0.39, 0.29) is 12.5 Å². The zero-order chi connectivity index (χ0) is 19.7. The van der Waals surface area contributed by atoms with Gasteiger partial charge in [0.05, 0.1) is 10.2 Å². The number of likely N-dealkylation sites (N-methyl/N-ethyl adjacent to an activating group) is 1. The van der Waals surface area contributed by atoms with E-state index in [1.807, 2.05) is 49.3 Å². The Kier molecular flexibility index (Phi) is 5.39. The zero-order valence-electron chi connectivity index (χ0n) is 15.6. The number of fused-ring (bicyclic) bond motifs is 2. The van der Waals surface area contributed by atoms with Gasteiger partial charge in [-0.05, 0) is 44.4 Å². The van der Waals surface area contributed by atoms with Crippen molar-refractivity contribution in [2.45, 2.75) is 6.10 Å². The fourth-order valence-electron chi connectivity index (χ4n) is 2.92. The highest BCUT2D eigenvalue weighted by Crippen LogP contribution is 2.34. The van der Waals surface area contributed by atoms with Crippen LogP contribution in [0, 0.1) is 0 Å². The number of nitrogens with zero attached hydrogens (tertiary/aromatic N) is 3. The molecule has 0 aliphatic carbocycles. The largest absolute Gasteiger partial charge is 0.485 e. The van der Waals surface area contributed by atoms with Crippen LogP contribution in [0.25, 0.3) is 10.2 Å². The molecule has 0 spiro atoms. The van der Waals surface area contributed by atoms with Gasteiger partial charge < -0.3 is 14.4 Å². The van der Waals surface area contributed by atoms with Gasteiger partial charge in [-0.25, -0.2) is 4.98 Å². The van der Waals surface area contributed by atoms with Crippen molar-refractivity contribution in [3.63, 3.8) is 0 Å². The molecule has 0 fully saturated rings. The van der Waals surface area contributed by atoms with Crippen LogP contribution in [-0.2, 0) is 4.79 Å². The minimum Gasteiger partial charge on any atom is -0.485 e. The van der Waals surface area contributed by atoms with Crippen molar-refractivity contribution in [2.75, 3.05) is 38.7 Å². The summed E-state index contributed by atoms with van der Waals surface area (Å²) in [6, 6.07) is 12.9. The van der Waals surface area contributed by atoms with E-state index in [4.69, 9.17) is 21.1 Å². The molecular weight excluding hydrogens is 398 g/mol. The molecule has 2 heterocycles. The van der Waals surface area contributed by atoms with Crippen molar-refractivity contribution >= 4 is 44.2 Å². The third-order valence-electron chi connectivity index (χ3n) is 4.39. The van der Waals surface area contributed by atoms with E-state index in [9.17, 15) is 4.79 Å². The summed E-state index contributed by atoms with van der Waals surface area (Å²) >= 11 is 7.54. The van der Waals surface area contributed by atoms with Crippen LogP contribution in [0.1, 0.15) is 0 Å². The lowest BCUT2D eigenvalue weighted by molar-refractivity contribution is -0.127. The lowest BCUT2D eigenvalue weighted by Gasteiger charge is -2.30. The molecule has 0 saturated carbocycles. The molecule has 1 aliphatic rings. The van der Waals surface area contributed by atoms with Gasteiger partial charge in [-0.15, -0.1) is 0 Å². The summed E-state index contributed by atoms with van der Waals surface area (Å²) in [6.45, 7) is 1.37. The molecule has 1 atom stereocenters. The fourth-order valence-corrected chi connectivity index (χ4v) is 4.19. The van der Waals surface area contributed by atoms with Crippen molar-refractivity contribution in [1.82, 2.24) is 9.88 Å². The van der Waals surface area contributed by atoms with Crippen LogP contribution in [0.2, 0.25) is 5.02 Å². The minimum absolute atomic E-state index is 0.165. The number of thiazole rings is 1. The molecule has 1 aromatic heterocycles. The van der Waals surface area contributed by atoms with Crippen LogP contribution in [0.5, 0.6) is 11.5 Å². The average Bonchev–Trinajstić information content (AvgIpc) is 3.10. The van der Waals surface area contributed by atoms with Crippen molar-refractivity contribution in [3.8, 4) is 11.5 Å². The van der Waals surface area contributed by atoms with Gasteiger partial charge in [0.25, 0.3) is 5.91 Å². The number of ether oxygens (including phenoxy) is 2. The molecule has 2 aromatic carbocycles. The molecule has 28 heavy (non-hydrogen) atoms. The number of anilines is 1. The van der Waals surface area contributed by atoms with E-state index in [0.717, 1.165) is 10.2 Å². The molecule has 1 aliphatic heterocycles. The average molecular weight is 418 g/mol. The fraction of sp³-hybridized carbons (Fsp3) is 0.300. The summed E-state index contributed by atoms with van der Waals surface area (Å²) in [4.78, 5) is 21.7. The van der Waals surface area contributed by atoms with Gasteiger partial charge in [0.2, 0.25) is 6.10 Å². The van der Waals surface area contributed by atoms with Crippen molar-refractivity contribution in [2.24, 2.45) is 0 Å². The standard InChI is InChI=1S/C20H20ClN3O3S/c1-23(2)9-10-24(20-22-14-8-7-13(21)11-18(14)28-20)19(25)17-12-26-15-5-3-4-6-16(15)27-17/h3-8,11,17H,9-10,12H2,1-2H3. The van der Waals surface area contributed by atoms with Crippen LogP contribution < -0.4 is 14.4 Å². The molecule has 0 radical (unpaired) electrons. The molecule has 8 heteroatoms. The van der Waals surface area contributed by atoms with Gasteiger partial charge in [0.15, 0.2) is 16.6 Å². The van der Waals surface area contributed by atoms with E-state index in [0.29, 0.717) is 34.7 Å². The number of para-hydroxylation sites is 2. The second-order valence-corrected chi connectivity index (χ2v) is 8.21. The van der Waals surface area contributed by atoms with Gasteiger partial charge in [0.1, 0.15) is 6.61 Å². The first-order valence-corrected chi connectivity index (χ1v) is 10.1. The van der Waals surface area contributed by atoms with E-state index >= 15 is 0 Å². The Morgan fingerprint density at radius 2 is 2.00 bits per heavy atom. The summed E-state index contributed by atoms with van der Waals surface area (Å²) in [5.41, 5.74) is 0.818. The third-order valence-corrected chi connectivity index (χ3v) is 5.67. The summed E-state index contributed by atoms with van der Waals surface area (Å²) in [7, 11) is 3.94. The van der Waals surface area contributed by atoms with Gasteiger partial charge in [-0.3, -0.25) is 9.69 Å². The molecule has 1 unspecified atom stereocenters. The lowest BCUT2D eigenvalue weighted by atomic mass is 10.2. The first kappa shape index (κ1) is 19.0. The first-order chi connectivity index (χ1) is 13.5. The van der Waals surface area contributed by atoms with Crippen molar-refractivity contribution in [1.29, 1.82) is 0 Å². The molecule has 3 aromatic rings. The Hall–Kier alpha value is -2.35. The van der Waals surface area contributed by atoms with E-state index in [2.05, 4.69) is 4.98 Å². The molecule has 1 amide bonds. The number of carbonyl (C=O) groups excluding carboxylic acids is 1. The number of hydrogen-bond acceptors (Lipinski definition) is 6. The van der Waals surface area contributed by atoms with Crippen molar-refractivity contribution < 1.29 is 14.3 Å². The van der Waals surface area contributed by atoms with Crippen LogP contribution >= 0.6 is 22.9 Å². The van der Waals surface area contributed by atoms with Crippen LogP contribution in [0.3, 0.4) is 0 Å². The summed E-state index contributed by atoms with van der Waals surface area (Å²) in [5.74, 6) is 1.07. The number of amides is 1. The van der Waals surface area contributed by atoms with Gasteiger partial charge in [0, 0.05) is 18.1 Å². The summed E-state index contributed by atoms with van der Waals surface area (Å²) in [6.07, 6.45) is -0.715. The maximum atomic E-state index is 13.3. The second-order valence-electron chi connectivity index (χ2n) is 6.77. The number of aromatic nitrogens is 1. The predicted molar refractivity (Wildman–Crippen MR) is 112 cm³/mol. The monoisotopic (exact) mass is 417 g/mol. The molecule has 146 valence electrons. The van der Waals surface area contributed by atoms with Crippen LogP contribution in [0.4, 0.5) is 5.13 Å². The summed E-state index contributed by atoms with van der Waals surface area (Å²) < 4.78 is 12.6. The SMILES string of the molecule is CN(C)CCN(C(=O)C1COc2ccccc2O1)c1nc2ccc(Cl)cc2s1. The maximum Gasteiger partial charge on any atom is 0.273 e. The van der Waals surface area contributed by atoms with E-state index in [1.54, 1.807) is 17.0 Å². The number of hydrogen-bond donors (Lipinski definition) is 0. The minimum atomic E-state index is -0.715. The Morgan fingerprint density at radius 3 is 2.79 bits per heavy atom. The number of halogens is 1. The molecule has 0 N–H and O–H groups in total. The van der Waals surface area contributed by atoms with Crippen LogP contribution in [0.15, 0.2) is 42.5 Å².